The molecule has 0 N–H and O–H groups in total. The van der Waals surface area contributed by atoms with Crippen molar-refractivity contribution in [3.8, 4) is 11.5 Å². The van der Waals surface area contributed by atoms with Gasteiger partial charge in [-0.15, -0.1) is 0 Å². The summed E-state index contributed by atoms with van der Waals surface area (Å²) >= 11 is 0. The van der Waals surface area contributed by atoms with Crippen molar-refractivity contribution >= 4 is 11.0 Å². The topological polar surface area (TPSA) is 48.7 Å². The number of fused-ring (bicyclic) bond motifs is 1. The molecule has 3 rings (SSSR count). The molecule has 0 bridgehead atoms. The maximum atomic E-state index is 12.4. The summed E-state index contributed by atoms with van der Waals surface area (Å²) in [6.45, 7) is 4.63. The van der Waals surface area contributed by atoms with E-state index in [1.54, 1.807) is 13.2 Å². The minimum Gasteiger partial charge on any atom is -0.497 e. The summed E-state index contributed by atoms with van der Waals surface area (Å²) in [6.07, 6.45) is 5.33. The first-order valence-electron chi connectivity index (χ1n) is 9.94. The van der Waals surface area contributed by atoms with E-state index >= 15 is 0 Å². The van der Waals surface area contributed by atoms with Crippen molar-refractivity contribution in [2.45, 2.75) is 52.6 Å². The molecule has 0 saturated heterocycles. The number of hydrogen-bond donors (Lipinski definition) is 0. The predicted molar refractivity (Wildman–Crippen MR) is 112 cm³/mol. The quantitative estimate of drug-likeness (QED) is 0.347. The lowest BCUT2D eigenvalue weighted by Crippen LogP contribution is -2.10. The van der Waals surface area contributed by atoms with Crippen LogP contribution in [0, 0.1) is 6.92 Å². The van der Waals surface area contributed by atoms with Gasteiger partial charge in [-0.25, -0.2) is 4.79 Å². The van der Waals surface area contributed by atoms with Crippen LogP contribution in [0.4, 0.5) is 0 Å². The summed E-state index contributed by atoms with van der Waals surface area (Å²) in [5.41, 5.74) is 3.21. The van der Waals surface area contributed by atoms with Crippen LogP contribution in [0.3, 0.4) is 0 Å². The van der Waals surface area contributed by atoms with Crippen LogP contribution in [-0.4, -0.2) is 7.11 Å². The molecule has 3 aromatic rings. The van der Waals surface area contributed by atoms with Gasteiger partial charge in [0.2, 0.25) is 0 Å². The van der Waals surface area contributed by atoms with E-state index in [0.717, 1.165) is 47.1 Å². The molecule has 0 unspecified atom stereocenters. The summed E-state index contributed by atoms with van der Waals surface area (Å²) in [7, 11) is 1.65. The Morgan fingerprint density at radius 3 is 2.43 bits per heavy atom. The summed E-state index contributed by atoms with van der Waals surface area (Å²) in [5.74, 6) is 1.50. The molecule has 2 aromatic carbocycles. The highest BCUT2D eigenvalue weighted by molar-refractivity contribution is 5.82. The van der Waals surface area contributed by atoms with Crippen LogP contribution in [0.5, 0.6) is 11.5 Å². The van der Waals surface area contributed by atoms with Crippen molar-refractivity contribution < 1.29 is 13.9 Å². The monoisotopic (exact) mass is 380 g/mol. The lowest BCUT2D eigenvalue weighted by molar-refractivity contribution is 0.306. The van der Waals surface area contributed by atoms with E-state index in [4.69, 9.17) is 13.9 Å². The van der Waals surface area contributed by atoms with E-state index in [-0.39, 0.29) is 5.63 Å². The Balaban J connectivity index is 1.74. The van der Waals surface area contributed by atoms with Gasteiger partial charge in [0.05, 0.1) is 7.11 Å². The van der Waals surface area contributed by atoms with Crippen molar-refractivity contribution in [1.82, 2.24) is 0 Å². The van der Waals surface area contributed by atoms with E-state index < -0.39 is 0 Å². The zero-order chi connectivity index (χ0) is 19.9. The lowest BCUT2D eigenvalue weighted by Gasteiger charge is -2.10. The normalized spacial score (nSPS) is 11.0. The second-order valence-corrected chi connectivity index (χ2v) is 7.10. The Morgan fingerprint density at radius 2 is 1.71 bits per heavy atom. The van der Waals surface area contributed by atoms with Gasteiger partial charge in [-0.3, -0.25) is 0 Å². The lowest BCUT2D eigenvalue weighted by atomic mass is 10.0. The zero-order valence-electron chi connectivity index (χ0n) is 16.9. The molecule has 0 radical (unpaired) electrons. The fourth-order valence-corrected chi connectivity index (χ4v) is 3.37. The zero-order valence-corrected chi connectivity index (χ0v) is 16.9. The third kappa shape index (κ3) is 4.75. The van der Waals surface area contributed by atoms with Crippen LogP contribution in [0.1, 0.15) is 49.3 Å². The van der Waals surface area contributed by atoms with Gasteiger partial charge in [0.15, 0.2) is 0 Å². The molecule has 0 saturated carbocycles. The van der Waals surface area contributed by atoms with E-state index in [1.165, 1.54) is 12.8 Å². The molecule has 0 amide bonds. The maximum absolute atomic E-state index is 12.4. The van der Waals surface area contributed by atoms with Crippen molar-refractivity contribution in [3.63, 3.8) is 0 Å². The first-order chi connectivity index (χ1) is 13.6. The van der Waals surface area contributed by atoms with Gasteiger partial charge < -0.3 is 13.9 Å². The van der Waals surface area contributed by atoms with Crippen molar-refractivity contribution in [1.29, 1.82) is 0 Å². The average molecular weight is 380 g/mol. The van der Waals surface area contributed by atoms with Gasteiger partial charge in [0.1, 0.15) is 23.7 Å². The molecule has 148 valence electrons. The van der Waals surface area contributed by atoms with Crippen molar-refractivity contribution in [3.05, 3.63) is 69.6 Å². The van der Waals surface area contributed by atoms with Crippen molar-refractivity contribution in [2.75, 3.05) is 7.11 Å². The fourth-order valence-electron chi connectivity index (χ4n) is 3.37. The Kier molecular flexibility index (Phi) is 6.75. The molecule has 4 heteroatoms. The molecule has 0 aliphatic heterocycles. The summed E-state index contributed by atoms with van der Waals surface area (Å²) in [6, 6.07) is 13.5. The number of rotatable bonds is 9. The molecule has 4 nitrogen and oxygen atoms in total. The highest BCUT2D eigenvalue weighted by atomic mass is 16.5. The van der Waals surface area contributed by atoms with Crippen LogP contribution in [0.15, 0.2) is 51.7 Å². The molecule has 1 aromatic heterocycles. The van der Waals surface area contributed by atoms with Crippen LogP contribution >= 0.6 is 0 Å². The van der Waals surface area contributed by atoms with Crippen LogP contribution in [-0.2, 0) is 13.0 Å². The van der Waals surface area contributed by atoms with Crippen molar-refractivity contribution in [2.24, 2.45) is 0 Å². The second kappa shape index (κ2) is 9.45. The number of unbranched alkanes of at least 4 members (excludes halogenated alkanes) is 3. The number of ether oxygens (including phenoxy) is 2. The smallest absolute Gasteiger partial charge is 0.339 e. The highest BCUT2D eigenvalue weighted by Gasteiger charge is 2.12. The number of benzene rings is 2. The molecule has 0 aliphatic carbocycles. The molecule has 0 aliphatic rings. The predicted octanol–water partition coefficient (Wildman–Crippen LogP) is 5.81. The minimum absolute atomic E-state index is 0.228. The highest BCUT2D eigenvalue weighted by Crippen LogP contribution is 2.25. The molecule has 0 spiro atoms. The van der Waals surface area contributed by atoms with Gasteiger partial charge in [-0.05, 0) is 55.2 Å². The SMILES string of the molecule is CCCCCCc1c(C)c2ccc(OCc3ccc(OC)cc3)cc2oc1=O. The third-order valence-electron chi connectivity index (χ3n) is 5.10. The second-order valence-electron chi connectivity index (χ2n) is 7.10. The van der Waals surface area contributed by atoms with E-state index in [9.17, 15) is 4.79 Å². The number of aryl methyl sites for hydroxylation is 1. The third-order valence-corrected chi connectivity index (χ3v) is 5.10. The average Bonchev–Trinajstić information content (AvgIpc) is 2.71. The summed E-state index contributed by atoms with van der Waals surface area (Å²) < 4.78 is 16.6. The fraction of sp³-hybridized carbons (Fsp3) is 0.375. The molecule has 1 heterocycles. The van der Waals surface area contributed by atoms with E-state index in [1.807, 2.05) is 43.3 Å². The Morgan fingerprint density at radius 1 is 0.964 bits per heavy atom. The van der Waals surface area contributed by atoms with Crippen LogP contribution < -0.4 is 15.1 Å². The number of methoxy groups -OCH3 is 1. The molecular weight excluding hydrogens is 352 g/mol. The first kappa shape index (κ1) is 20.0. The Labute approximate surface area is 166 Å². The van der Waals surface area contributed by atoms with Gasteiger partial charge in [0.25, 0.3) is 0 Å². The molecule has 0 fully saturated rings. The minimum atomic E-state index is -0.228. The Hall–Kier alpha value is -2.75. The van der Waals surface area contributed by atoms with Crippen LogP contribution in [0.25, 0.3) is 11.0 Å². The Bertz CT molecular complexity index is 970. The van der Waals surface area contributed by atoms with Gasteiger partial charge in [-0.2, -0.15) is 0 Å². The standard InChI is InChI=1S/C24H28O4/c1-4-5-6-7-8-22-17(2)21-14-13-20(15-23(21)28-24(22)25)27-16-18-9-11-19(26-3)12-10-18/h9-15H,4-8,16H2,1-3H3. The maximum Gasteiger partial charge on any atom is 0.339 e. The molecular formula is C24H28O4. The summed E-state index contributed by atoms with van der Waals surface area (Å²) in [4.78, 5) is 12.4. The number of hydrogen-bond acceptors (Lipinski definition) is 4. The van der Waals surface area contributed by atoms with Gasteiger partial charge >= 0.3 is 5.63 Å². The van der Waals surface area contributed by atoms with Crippen LogP contribution in [0.2, 0.25) is 0 Å². The van der Waals surface area contributed by atoms with E-state index in [2.05, 4.69) is 6.92 Å². The largest absolute Gasteiger partial charge is 0.497 e. The first-order valence-corrected chi connectivity index (χ1v) is 9.94. The summed E-state index contributed by atoms with van der Waals surface area (Å²) in [5, 5.41) is 0.974. The molecule has 28 heavy (non-hydrogen) atoms. The van der Waals surface area contributed by atoms with Gasteiger partial charge in [0, 0.05) is 17.0 Å². The van der Waals surface area contributed by atoms with Gasteiger partial charge in [-0.1, -0.05) is 38.3 Å². The van der Waals surface area contributed by atoms with E-state index in [0.29, 0.717) is 17.9 Å². The molecule has 0 atom stereocenters.